The monoisotopic (exact) mass is 1200 g/mol. The number of esters is 1. The van der Waals surface area contributed by atoms with Crippen LogP contribution in [-0.2, 0) is 54.6 Å². The van der Waals surface area contributed by atoms with Gasteiger partial charge < -0.3 is 20.7 Å². The predicted molar refractivity (Wildman–Crippen MR) is 344 cm³/mol. The third-order valence-electron chi connectivity index (χ3n) is 24.8. The zero-order valence-electron chi connectivity index (χ0n) is 54.5. The summed E-state index contributed by atoms with van der Waals surface area (Å²) in [6.07, 6.45) is 38.8. The van der Waals surface area contributed by atoms with E-state index in [1.54, 1.807) is 0 Å². The number of carbonyl (C=O) groups excluding carboxylic acids is 4. The Morgan fingerprint density at radius 2 is 1.07 bits per heavy atom. The van der Waals surface area contributed by atoms with Crippen LogP contribution in [0.5, 0.6) is 0 Å². The number of carbonyl (C=O) groups is 4. The number of nitrogens with zero attached hydrogens (tertiary/aromatic N) is 6. The Labute approximate surface area is 524 Å². The summed E-state index contributed by atoms with van der Waals surface area (Å²) in [6.45, 7) is 17.0. The van der Waals surface area contributed by atoms with Gasteiger partial charge in [-0.1, -0.05) is 123 Å². The standard InChI is InChI=1S/C25H29N3O3.C24H38N4O.C24H37N3O/c1-2-31-25(30)21-17-12-13-18(14-17)22(21)26-24(29)23-19-10-6-7-11-20(19)28(27-23)15-16-8-4-3-5-9-16;1-23(2)16-13-14-24(3,15-16)21(23)26-22(29)25-20-18-11-7-8-12-19(18)28(27-20)17-9-5-4-6-10-17;1-23(2)16-13-14-24(3,15-16)22(23)25-21(28)20-18-11-7-8-12-19(18)27(26-20)17-9-5-4-6-10-17/h3-5,8-9,12-13,17-18,21-22H,2,6-7,10-11,14-15H2,1H3,(H,26,29);16-17,21H,4-15H2,1-3H3,(H2,25,26,27,29);16-17,22H,4-15H2,1-3H3,(H,25,28)/t17?,18?,21-,22+;;16?,22-,24?/m1.1/s1. The molecule has 0 saturated heterocycles. The van der Waals surface area contributed by atoms with E-state index in [-0.39, 0.29) is 81.4 Å². The average molecular weight is 1200 g/mol. The second-order valence-corrected chi connectivity index (χ2v) is 31.1. The second-order valence-electron chi connectivity index (χ2n) is 31.1. The zero-order chi connectivity index (χ0) is 61.1. The fraction of sp³-hybridized carbons (Fsp3) is 0.712. The highest BCUT2D eigenvalue weighted by Gasteiger charge is 2.61. The van der Waals surface area contributed by atoms with E-state index in [4.69, 9.17) is 20.0 Å². The van der Waals surface area contributed by atoms with Gasteiger partial charge in [0.1, 0.15) is 0 Å². The number of anilines is 1. The van der Waals surface area contributed by atoms with E-state index in [9.17, 15) is 19.2 Å². The minimum Gasteiger partial charge on any atom is -0.466 e. The second kappa shape index (κ2) is 24.8. The number of ether oxygens (including phenoxy) is 1. The Balaban J connectivity index is 0.000000122. The first-order valence-corrected chi connectivity index (χ1v) is 35.3. The lowest BCUT2D eigenvalue weighted by Crippen LogP contribution is -2.53. The number of urea groups is 1. The van der Waals surface area contributed by atoms with Crippen molar-refractivity contribution in [3.8, 4) is 0 Å². The van der Waals surface area contributed by atoms with Gasteiger partial charge in [0.15, 0.2) is 17.2 Å². The maximum Gasteiger partial charge on any atom is 0.320 e. The summed E-state index contributed by atoms with van der Waals surface area (Å²) in [7, 11) is 0. The number of amides is 4. The van der Waals surface area contributed by atoms with Gasteiger partial charge in [0.05, 0.1) is 31.2 Å². The molecule has 476 valence electrons. The summed E-state index contributed by atoms with van der Waals surface area (Å²) in [5, 5.41) is 28.0. The number of allylic oxidation sites excluding steroid dienone is 1. The number of rotatable bonds is 12. The molecule has 11 aliphatic rings. The van der Waals surface area contributed by atoms with Gasteiger partial charge in [0.25, 0.3) is 11.8 Å². The van der Waals surface area contributed by atoms with Crippen molar-refractivity contribution in [2.45, 2.75) is 271 Å². The minimum absolute atomic E-state index is 0.0569. The van der Waals surface area contributed by atoms with Crippen LogP contribution in [0.2, 0.25) is 0 Å². The number of nitrogens with one attached hydrogen (secondary N) is 4. The van der Waals surface area contributed by atoms with E-state index in [1.807, 2.05) is 29.8 Å². The Morgan fingerprint density at radius 1 is 0.557 bits per heavy atom. The quantitative estimate of drug-likeness (QED) is 0.0799. The largest absolute Gasteiger partial charge is 0.466 e. The van der Waals surface area contributed by atoms with Crippen molar-refractivity contribution in [3.05, 3.63) is 93.2 Å². The van der Waals surface area contributed by atoms with Gasteiger partial charge in [-0.25, -0.2) is 4.79 Å². The van der Waals surface area contributed by atoms with Crippen LogP contribution in [0, 0.1) is 51.2 Å². The van der Waals surface area contributed by atoms with Gasteiger partial charge in [-0.05, 0) is 205 Å². The third kappa shape index (κ3) is 11.5. The van der Waals surface area contributed by atoms with Crippen molar-refractivity contribution in [2.75, 3.05) is 11.9 Å². The summed E-state index contributed by atoms with van der Waals surface area (Å²) < 4.78 is 11.9. The van der Waals surface area contributed by atoms with Crippen LogP contribution < -0.4 is 21.3 Å². The lowest BCUT2D eigenvalue weighted by Gasteiger charge is -2.43. The molecule has 4 amide bonds. The molecular weight excluding hydrogens is 1100 g/mol. The van der Waals surface area contributed by atoms with Gasteiger partial charge in [0, 0.05) is 51.9 Å². The molecule has 7 saturated carbocycles. The van der Waals surface area contributed by atoms with Crippen molar-refractivity contribution in [1.82, 2.24) is 45.3 Å². The first-order valence-electron chi connectivity index (χ1n) is 35.3. The molecule has 6 bridgehead atoms. The van der Waals surface area contributed by atoms with Gasteiger partial charge in [-0.15, -0.1) is 0 Å². The highest BCUT2D eigenvalue weighted by Crippen LogP contribution is 2.63. The van der Waals surface area contributed by atoms with E-state index >= 15 is 0 Å². The number of hydrogen-bond acceptors (Lipinski definition) is 8. The van der Waals surface area contributed by atoms with Gasteiger partial charge in [-0.3, -0.25) is 33.7 Å². The zero-order valence-corrected chi connectivity index (χ0v) is 54.5. The molecule has 0 aliphatic heterocycles. The van der Waals surface area contributed by atoms with Crippen molar-refractivity contribution in [3.63, 3.8) is 0 Å². The molecule has 0 spiro atoms. The molecule has 4 N–H and O–H groups in total. The Hall–Kier alpha value is -5.73. The minimum atomic E-state index is -0.305. The summed E-state index contributed by atoms with van der Waals surface area (Å²) in [4.78, 5) is 52.5. The molecule has 7 fully saturated rings. The number of aromatic nitrogens is 6. The fourth-order valence-corrected chi connectivity index (χ4v) is 20.1. The Bertz CT molecular complexity index is 3240. The highest BCUT2D eigenvalue weighted by molar-refractivity contribution is 5.95. The number of hydrogen-bond donors (Lipinski definition) is 4. The van der Waals surface area contributed by atoms with E-state index in [0.29, 0.717) is 30.9 Å². The molecule has 3 heterocycles. The first-order chi connectivity index (χ1) is 42.4. The normalized spacial score (nSPS) is 31.1. The maximum atomic E-state index is 13.5. The van der Waals surface area contributed by atoms with Gasteiger partial charge in [0.2, 0.25) is 0 Å². The van der Waals surface area contributed by atoms with E-state index in [2.05, 4.69) is 96.5 Å². The molecule has 11 aliphatic carbocycles. The van der Waals surface area contributed by atoms with Crippen molar-refractivity contribution < 1.29 is 23.9 Å². The van der Waals surface area contributed by atoms with Crippen LogP contribution in [0.4, 0.5) is 10.6 Å². The smallest absolute Gasteiger partial charge is 0.320 e. The van der Waals surface area contributed by atoms with Gasteiger partial charge >= 0.3 is 12.0 Å². The SMILES string of the molecule is CC12CCC(C1)C(C)(C)C2NC(=O)Nc1nn(C2CCCCC2)c2c1CCCC2.CC12CCC(C1)C(C)(C)[C@H]2NC(=O)c1nn(C2CCCCC2)c2c1CCCC2.CCOC(=O)[C@@H]1C2C=CC(C2)[C@@H]1NC(=O)c1nn(Cc2ccccc2)c2c1CCCC2. The highest BCUT2D eigenvalue weighted by atomic mass is 16.5. The molecular formula is C73H104N10O5. The molecule has 15 nitrogen and oxygen atoms in total. The summed E-state index contributed by atoms with van der Waals surface area (Å²) >= 11 is 0. The molecule has 1 aromatic carbocycles. The Morgan fingerprint density at radius 3 is 1.66 bits per heavy atom. The predicted octanol–water partition coefficient (Wildman–Crippen LogP) is 14.1. The molecule has 7 unspecified atom stereocenters. The van der Waals surface area contributed by atoms with Crippen LogP contribution in [-0.4, -0.2) is 77.9 Å². The number of fused-ring (bicyclic) bond motifs is 9. The third-order valence-corrected chi connectivity index (χ3v) is 24.8. The van der Waals surface area contributed by atoms with Crippen LogP contribution in [0.3, 0.4) is 0 Å². The molecule has 0 radical (unpaired) electrons. The van der Waals surface area contributed by atoms with Gasteiger partial charge in [-0.2, -0.15) is 15.3 Å². The molecule has 15 heteroatoms. The molecule has 15 rings (SSSR count). The Kier molecular flexibility index (Phi) is 17.2. The topological polar surface area (TPSA) is 179 Å². The first kappa shape index (κ1) is 61.1. The van der Waals surface area contributed by atoms with Crippen molar-refractivity contribution in [2.24, 2.45) is 51.2 Å². The summed E-state index contributed by atoms with van der Waals surface area (Å²) in [5.41, 5.74) is 10.9. The fourth-order valence-electron chi connectivity index (χ4n) is 20.1. The molecule has 4 aromatic rings. The van der Waals surface area contributed by atoms with E-state index in [0.717, 1.165) is 86.7 Å². The summed E-state index contributed by atoms with van der Waals surface area (Å²) in [6, 6.07) is 11.5. The molecule has 10 atom stereocenters. The van der Waals surface area contributed by atoms with Crippen LogP contribution in [0.1, 0.15) is 269 Å². The van der Waals surface area contributed by atoms with E-state index in [1.165, 1.54) is 162 Å². The van der Waals surface area contributed by atoms with Crippen molar-refractivity contribution >= 4 is 29.6 Å². The number of benzene rings is 1. The van der Waals surface area contributed by atoms with Crippen LogP contribution in [0.15, 0.2) is 42.5 Å². The molecule has 3 aromatic heterocycles. The molecule has 88 heavy (non-hydrogen) atoms. The maximum absolute atomic E-state index is 13.5. The summed E-state index contributed by atoms with van der Waals surface area (Å²) in [5.74, 6) is 2.07. The average Bonchev–Trinajstić information content (AvgIpc) is 2.81. The lowest BCUT2D eigenvalue weighted by molar-refractivity contribution is -0.149. The van der Waals surface area contributed by atoms with E-state index < -0.39 is 0 Å². The van der Waals surface area contributed by atoms with Crippen molar-refractivity contribution in [1.29, 1.82) is 0 Å². The lowest BCUT2D eigenvalue weighted by atomic mass is 9.68. The van der Waals surface area contributed by atoms with Crippen LogP contribution in [0.25, 0.3) is 0 Å². The van der Waals surface area contributed by atoms with Crippen LogP contribution >= 0.6 is 0 Å².